The molecule has 0 amide bonds. The first-order valence-corrected chi connectivity index (χ1v) is 6.16. The Hall–Kier alpha value is 0.310. The molecule has 0 aromatic rings. The molecule has 0 spiro atoms. The monoisotopic (exact) mass is 185 g/mol. The molecule has 1 aliphatic heterocycles. The Kier molecular flexibility index (Phi) is 2.66. The van der Waals surface area contributed by atoms with E-state index in [9.17, 15) is 0 Å². The molecule has 2 aliphatic rings. The van der Waals surface area contributed by atoms with Crippen LogP contribution >= 0.6 is 11.8 Å². The first kappa shape index (κ1) is 8.89. The van der Waals surface area contributed by atoms with Crippen molar-refractivity contribution in [1.29, 1.82) is 0 Å². The van der Waals surface area contributed by atoms with Gasteiger partial charge in [-0.15, -0.1) is 0 Å². The van der Waals surface area contributed by atoms with Gasteiger partial charge in [0.25, 0.3) is 0 Å². The van der Waals surface area contributed by atoms with E-state index in [0.29, 0.717) is 0 Å². The van der Waals surface area contributed by atoms with Crippen LogP contribution in [-0.4, -0.2) is 23.1 Å². The zero-order valence-electron chi connectivity index (χ0n) is 8.05. The van der Waals surface area contributed by atoms with Crippen LogP contribution in [0.4, 0.5) is 0 Å². The highest BCUT2D eigenvalue weighted by molar-refractivity contribution is 8.00. The van der Waals surface area contributed by atoms with Gasteiger partial charge in [-0.1, -0.05) is 13.8 Å². The zero-order valence-corrected chi connectivity index (χ0v) is 8.86. The van der Waals surface area contributed by atoms with Crippen LogP contribution in [0.15, 0.2) is 0 Å². The number of nitrogens with one attached hydrogen (secondary N) is 1. The van der Waals surface area contributed by atoms with Crippen molar-refractivity contribution in [3.63, 3.8) is 0 Å². The van der Waals surface area contributed by atoms with Gasteiger partial charge in [-0.05, 0) is 25.2 Å². The summed E-state index contributed by atoms with van der Waals surface area (Å²) in [5.74, 6) is 2.32. The van der Waals surface area contributed by atoms with E-state index < -0.39 is 0 Å². The van der Waals surface area contributed by atoms with Gasteiger partial charge in [-0.25, -0.2) is 0 Å². The van der Waals surface area contributed by atoms with Crippen LogP contribution in [0, 0.1) is 5.92 Å². The van der Waals surface area contributed by atoms with Crippen LogP contribution in [0.5, 0.6) is 0 Å². The molecule has 0 aromatic heterocycles. The van der Waals surface area contributed by atoms with Crippen molar-refractivity contribution >= 4 is 11.8 Å². The minimum Gasteiger partial charge on any atom is -0.310 e. The summed E-state index contributed by atoms with van der Waals surface area (Å²) < 4.78 is 0. The minimum atomic E-state index is 0.822. The Balaban J connectivity index is 1.67. The molecule has 0 aromatic carbocycles. The number of hydrogen-bond acceptors (Lipinski definition) is 2. The topological polar surface area (TPSA) is 12.0 Å². The molecular formula is C10H19NS. The second-order valence-electron chi connectivity index (χ2n) is 4.52. The van der Waals surface area contributed by atoms with Crippen molar-refractivity contribution < 1.29 is 0 Å². The van der Waals surface area contributed by atoms with Gasteiger partial charge < -0.3 is 5.32 Å². The van der Waals surface area contributed by atoms with Crippen molar-refractivity contribution in [2.75, 3.05) is 5.75 Å². The fourth-order valence-electron chi connectivity index (χ4n) is 2.31. The Morgan fingerprint density at radius 2 is 1.83 bits per heavy atom. The lowest BCUT2D eigenvalue weighted by Gasteiger charge is -2.35. The highest BCUT2D eigenvalue weighted by Gasteiger charge is 2.29. The van der Waals surface area contributed by atoms with E-state index in [4.69, 9.17) is 0 Å². The normalized spacial score (nSPS) is 47.5. The van der Waals surface area contributed by atoms with Gasteiger partial charge in [-0.2, -0.15) is 11.8 Å². The fourth-order valence-corrected chi connectivity index (χ4v) is 3.47. The van der Waals surface area contributed by atoms with Gasteiger partial charge in [0.15, 0.2) is 0 Å². The third-order valence-corrected chi connectivity index (χ3v) is 4.40. The zero-order chi connectivity index (χ0) is 8.55. The van der Waals surface area contributed by atoms with Crippen LogP contribution in [0.25, 0.3) is 0 Å². The maximum atomic E-state index is 3.76. The molecule has 2 rings (SSSR count). The molecule has 2 unspecified atom stereocenters. The standard InChI is InChI=1S/C10H19NS/c1-7-3-9(4-7)11-10-5-8(2)12-6-10/h7-11H,3-6H2,1-2H3. The molecule has 1 heterocycles. The second kappa shape index (κ2) is 3.59. The molecule has 2 atom stereocenters. The summed E-state index contributed by atoms with van der Waals surface area (Å²) in [7, 11) is 0. The van der Waals surface area contributed by atoms with Gasteiger partial charge >= 0.3 is 0 Å². The molecule has 12 heavy (non-hydrogen) atoms. The third-order valence-electron chi connectivity index (χ3n) is 3.04. The lowest BCUT2D eigenvalue weighted by Crippen LogP contribution is -2.45. The van der Waals surface area contributed by atoms with E-state index in [1.165, 1.54) is 25.0 Å². The molecule has 0 radical (unpaired) electrons. The summed E-state index contributed by atoms with van der Waals surface area (Å²) in [5.41, 5.74) is 0. The summed E-state index contributed by atoms with van der Waals surface area (Å²) in [6.07, 6.45) is 4.21. The highest BCUT2D eigenvalue weighted by Crippen LogP contribution is 2.31. The predicted molar refractivity (Wildman–Crippen MR) is 55.6 cm³/mol. The smallest absolute Gasteiger partial charge is 0.0171 e. The van der Waals surface area contributed by atoms with E-state index in [0.717, 1.165) is 23.3 Å². The highest BCUT2D eigenvalue weighted by atomic mass is 32.2. The number of hydrogen-bond donors (Lipinski definition) is 1. The van der Waals surface area contributed by atoms with Gasteiger partial charge in [-0.3, -0.25) is 0 Å². The van der Waals surface area contributed by atoms with E-state index in [1.807, 2.05) is 0 Å². The molecule has 2 heteroatoms. The Bertz CT molecular complexity index is 154. The summed E-state index contributed by atoms with van der Waals surface area (Å²) in [5, 5.41) is 4.64. The summed E-state index contributed by atoms with van der Waals surface area (Å²) in [6.45, 7) is 4.69. The van der Waals surface area contributed by atoms with Crippen molar-refractivity contribution in [2.24, 2.45) is 5.92 Å². The van der Waals surface area contributed by atoms with E-state index in [2.05, 4.69) is 30.9 Å². The molecule has 1 nitrogen and oxygen atoms in total. The van der Waals surface area contributed by atoms with Crippen molar-refractivity contribution in [3.8, 4) is 0 Å². The molecule has 1 N–H and O–H groups in total. The number of rotatable bonds is 2. The second-order valence-corrected chi connectivity index (χ2v) is 5.99. The average Bonchev–Trinajstić information content (AvgIpc) is 2.33. The largest absolute Gasteiger partial charge is 0.310 e. The van der Waals surface area contributed by atoms with Gasteiger partial charge in [0, 0.05) is 23.1 Å². The molecule has 70 valence electrons. The first-order chi connectivity index (χ1) is 5.74. The minimum absolute atomic E-state index is 0.822. The van der Waals surface area contributed by atoms with Crippen LogP contribution in [0.1, 0.15) is 33.1 Å². The van der Waals surface area contributed by atoms with Crippen LogP contribution in [0.2, 0.25) is 0 Å². The van der Waals surface area contributed by atoms with E-state index in [1.54, 1.807) is 0 Å². The lowest BCUT2D eigenvalue weighted by molar-refractivity contribution is 0.225. The quantitative estimate of drug-likeness (QED) is 0.708. The summed E-state index contributed by atoms with van der Waals surface area (Å²) in [6, 6.07) is 1.68. The first-order valence-electron chi connectivity index (χ1n) is 5.11. The molecule has 1 saturated heterocycles. The molecular weight excluding hydrogens is 166 g/mol. The van der Waals surface area contributed by atoms with Crippen molar-refractivity contribution in [3.05, 3.63) is 0 Å². The molecule has 0 bridgehead atoms. The Labute approximate surface area is 79.7 Å². The van der Waals surface area contributed by atoms with Gasteiger partial charge in [0.2, 0.25) is 0 Å². The average molecular weight is 185 g/mol. The Morgan fingerprint density at radius 3 is 2.33 bits per heavy atom. The maximum absolute atomic E-state index is 3.76. The van der Waals surface area contributed by atoms with E-state index >= 15 is 0 Å². The predicted octanol–water partition coefficient (Wildman–Crippen LogP) is 2.27. The summed E-state index contributed by atoms with van der Waals surface area (Å²) in [4.78, 5) is 0. The van der Waals surface area contributed by atoms with Gasteiger partial charge in [0.1, 0.15) is 0 Å². The summed E-state index contributed by atoms with van der Waals surface area (Å²) >= 11 is 2.12. The Morgan fingerprint density at radius 1 is 1.08 bits per heavy atom. The van der Waals surface area contributed by atoms with E-state index in [-0.39, 0.29) is 0 Å². The van der Waals surface area contributed by atoms with Crippen molar-refractivity contribution in [2.45, 2.75) is 50.4 Å². The fraction of sp³-hybridized carbons (Fsp3) is 1.00. The van der Waals surface area contributed by atoms with Gasteiger partial charge in [0.05, 0.1) is 0 Å². The number of thioether (sulfide) groups is 1. The molecule has 1 saturated carbocycles. The maximum Gasteiger partial charge on any atom is 0.0171 e. The van der Waals surface area contributed by atoms with Crippen molar-refractivity contribution in [1.82, 2.24) is 5.32 Å². The SMILES string of the molecule is CC1CC(NC2CSC(C)C2)C1. The molecule has 2 fully saturated rings. The third kappa shape index (κ3) is 1.97. The van der Waals surface area contributed by atoms with Crippen LogP contribution < -0.4 is 5.32 Å². The van der Waals surface area contributed by atoms with Crippen LogP contribution in [0.3, 0.4) is 0 Å². The lowest BCUT2D eigenvalue weighted by atomic mass is 9.81. The molecule has 1 aliphatic carbocycles. The van der Waals surface area contributed by atoms with Crippen LogP contribution in [-0.2, 0) is 0 Å².